The third kappa shape index (κ3) is 13.5. The molecule has 134 valence electrons. The molecule has 0 unspecified atom stereocenters. The van der Waals surface area contributed by atoms with Crippen LogP contribution in [0.2, 0.25) is 0 Å². The molecule has 0 saturated heterocycles. The quantitative estimate of drug-likeness (QED) is 0.148. The number of rotatable bonds is 11. The van der Waals surface area contributed by atoms with Crippen LogP contribution in [-0.4, -0.2) is 61.3 Å². The molecule has 0 saturated carbocycles. The van der Waals surface area contributed by atoms with Crippen molar-refractivity contribution in [3.63, 3.8) is 0 Å². The number of amides is 2. The van der Waals surface area contributed by atoms with Crippen LogP contribution >= 0.6 is 24.4 Å². The number of thiocarbonyl (C=S) groups is 2. The van der Waals surface area contributed by atoms with E-state index < -0.39 is 0 Å². The lowest BCUT2D eigenvalue weighted by atomic mass is 10.5. The Hall–Kier alpha value is -2.20. The lowest BCUT2D eigenvalue weighted by molar-refractivity contribution is -0.121. The van der Waals surface area contributed by atoms with E-state index in [1.165, 1.54) is 0 Å². The Morgan fingerprint density at radius 1 is 0.708 bits per heavy atom. The molecule has 0 aromatic heterocycles. The Labute approximate surface area is 152 Å². The molecule has 0 aromatic rings. The first-order valence-electron chi connectivity index (χ1n) is 7.28. The highest BCUT2D eigenvalue weighted by Crippen LogP contribution is 1.72. The van der Waals surface area contributed by atoms with Crippen LogP contribution in [-0.2, 0) is 9.59 Å². The van der Waals surface area contributed by atoms with Crippen LogP contribution in [0.15, 0.2) is 25.3 Å². The van der Waals surface area contributed by atoms with E-state index in [2.05, 4.69) is 45.1 Å². The van der Waals surface area contributed by atoms with E-state index in [1.807, 2.05) is 0 Å². The molecule has 0 atom stereocenters. The Kier molecular flexibility index (Phi) is 13.1. The van der Waals surface area contributed by atoms with Crippen LogP contribution in [0.25, 0.3) is 0 Å². The predicted molar refractivity (Wildman–Crippen MR) is 104 cm³/mol. The van der Waals surface area contributed by atoms with Gasteiger partial charge >= 0.3 is 0 Å². The van der Waals surface area contributed by atoms with Crippen LogP contribution in [0.1, 0.15) is 0 Å². The molecular formula is C14H24N6O2S2. The molecule has 0 radical (unpaired) electrons. The first kappa shape index (κ1) is 21.8. The van der Waals surface area contributed by atoms with E-state index in [0.29, 0.717) is 36.4 Å². The lowest BCUT2D eigenvalue weighted by Crippen LogP contribution is -2.45. The predicted octanol–water partition coefficient (Wildman–Crippen LogP) is -1.48. The van der Waals surface area contributed by atoms with Gasteiger partial charge in [-0.25, -0.2) is 0 Å². The third-order valence-corrected chi connectivity index (χ3v) is 2.98. The van der Waals surface area contributed by atoms with E-state index in [-0.39, 0.29) is 24.9 Å². The van der Waals surface area contributed by atoms with Gasteiger partial charge in [0.05, 0.1) is 13.1 Å². The Morgan fingerprint density at radius 2 is 1.08 bits per heavy atom. The van der Waals surface area contributed by atoms with E-state index in [0.717, 1.165) is 0 Å². The van der Waals surface area contributed by atoms with Crippen LogP contribution in [0.3, 0.4) is 0 Å². The molecule has 0 aliphatic carbocycles. The molecular weight excluding hydrogens is 348 g/mol. The fourth-order valence-corrected chi connectivity index (χ4v) is 1.62. The second kappa shape index (κ2) is 14.4. The number of carbonyl (C=O) groups excluding carboxylic acids is 2. The van der Waals surface area contributed by atoms with Gasteiger partial charge in [0.1, 0.15) is 0 Å². The van der Waals surface area contributed by atoms with Gasteiger partial charge in [-0.15, -0.1) is 13.2 Å². The molecule has 0 aromatic carbocycles. The van der Waals surface area contributed by atoms with Crippen LogP contribution in [0, 0.1) is 0 Å². The highest BCUT2D eigenvalue weighted by molar-refractivity contribution is 7.80. The summed E-state index contributed by atoms with van der Waals surface area (Å²) in [6.07, 6.45) is 3.32. The lowest BCUT2D eigenvalue weighted by Gasteiger charge is -2.11. The fraction of sp³-hybridized carbons (Fsp3) is 0.429. The van der Waals surface area contributed by atoms with Gasteiger partial charge in [-0.1, -0.05) is 12.2 Å². The summed E-state index contributed by atoms with van der Waals surface area (Å²) in [7, 11) is 0. The summed E-state index contributed by atoms with van der Waals surface area (Å²) in [6.45, 7) is 8.90. The van der Waals surface area contributed by atoms with E-state index in [9.17, 15) is 9.59 Å². The molecule has 0 aliphatic rings. The summed E-state index contributed by atoms with van der Waals surface area (Å²) in [5, 5.41) is 17.2. The van der Waals surface area contributed by atoms with Crippen molar-refractivity contribution in [1.82, 2.24) is 31.9 Å². The SMILES string of the molecule is C=CCNC(=S)NCC(=O)NCCNC(=O)CNC(=S)NCC=C. The molecule has 0 heterocycles. The van der Waals surface area contributed by atoms with Gasteiger partial charge in [-0.2, -0.15) is 0 Å². The van der Waals surface area contributed by atoms with Crippen molar-refractivity contribution in [3.05, 3.63) is 25.3 Å². The number of carbonyl (C=O) groups is 2. The summed E-state index contributed by atoms with van der Waals surface area (Å²) in [4.78, 5) is 23.1. The number of nitrogens with one attached hydrogen (secondary N) is 6. The topological polar surface area (TPSA) is 106 Å². The van der Waals surface area contributed by atoms with E-state index in [1.54, 1.807) is 12.2 Å². The fourth-order valence-electron chi connectivity index (χ4n) is 1.30. The summed E-state index contributed by atoms with van der Waals surface area (Å²) in [5.74, 6) is -0.445. The van der Waals surface area contributed by atoms with Gasteiger partial charge in [0.2, 0.25) is 11.8 Å². The van der Waals surface area contributed by atoms with Gasteiger partial charge in [0.15, 0.2) is 10.2 Å². The molecule has 0 aliphatic heterocycles. The molecule has 24 heavy (non-hydrogen) atoms. The van der Waals surface area contributed by atoms with E-state index >= 15 is 0 Å². The normalized spacial score (nSPS) is 9.17. The van der Waals surface area contributed by atoms with Gasteiger partial charge in [-0.3, -0.25) is 9.59 Å². The molecule has 0 fully saturated rings. The maximum atomic E-state index is 11.5. The average molecular weight is 373 g/mol. The third-order valence-electron chi connectivity index (χ3n) is 2.40. The standard InChI is InChI=1S/C14H24N6O2S2/c1-3-5-17-13(23)19-9-11(21)15-7-8-16-12(22)10-20-14(24)18-6-4-2/h3-4H,1-2,5-10H2,(H,15,21)(H,16,22)(H2,17,19,23)(H2,18,20,24). The first-order valence-corrected chi connectivity index (χ1v) is 8.09. The van der Waals surface area contributed by atoms with Gasteiger partial charge in [0.25, 0.3) is 0 Å². The van der Waals surface area contributed by atoms with Crippen molar-refractivity contribution in [2.24, 2.45) is 0 Å². The molecule has 0 bridgehead atoms. The van der Waals surface area contributed by atoms with Crippen molar-refractivity contribution in [1.29, 1.82) is 0 Å². The maximum absolute atomic E-state index is 11.5. The average Bonchev–Trinajstić information content (AvgIpc) is 2.58. The van der Waals surface area contributed by atoms with Crippen LogP contribution in [0.4, 0.5) is 0 Å². The summed E-state index contributed by atoms with van der Waals surface area (Å²) < 4.78 is 0. The summed E-state index contributed by atoms with van der Waals surface area (Å²) >= 11 is 9.90. The Morgan fingerprint density at radius 3 is 1.42 bits per heavy atom. The molecule has 0 rings (SSSR count). The second-order valence-electron chi connectivity index (χ2n) is 4.40. The smallest absolute Gasteiger partial charge is 0.239 e. The second-order valence-corrected chi connectivity index (χ2v) is 5.22. The monoisotopic (exact) mass is 372 g/mol. The first-order chi connectivity index (χ1) is 11.5. The van der Waals surface area contributed by atoms with Crippen molar-refractivity contribution < 1.29 is 9.59 Å². The minimum absolute atomic E-state index is 0.0573. The van der Waals surface area contributed by atoms with Crippen molar-refractivity contribution in [2.45, 2.75) is 0 Å². The Bertz CT molecular complexity index is 428. The van der Waals surface area contributed by atoms with Gasteiger partial charge in [0, 0.05) is 26.2 Å². The highest BCUT2D eigenvalue weighted by atomic mass is 32.1. The summed E-state index contributed by atoms with van der Waals surface area (Å²) in [5.41, 5.74) is 0. The largest absolute Gasteiger partial charge is 0.359 e. The minimum Gasteiger partial charge on any atom is -0.359 e. The molecule has 8 nitrogen and oxygen atoms in total. The van der Waals surface area contributed by atoms with Gasteiger partial charge < -0.3 is 31.9 Å². The molecule has 0 spiro atoms. The van der Waals surface area contributed by atoms with Crippen LogP contribution < -0.4 is 31.9 Å². The maximum Gasteiger partial charge on any atom is 0.239 e. The zero-order valence-electron chi connectivity index (χ0n) is 13.4. The van der Waals surface area contributed by atoms with E-state index in [4.69, 9.17) is 24.4 Å². The van der Waals surface area contributed by atoms with Crippen molar-refractivity contribution in [2.75, 3.05) is 39.3 Å². The van der Waals surface area contributed by atoms with Crippen LogP contribution in [0.5, 0.6) is 0 Å². The van der Waals surface area contributed by atoms with Gasteiger partial charge in [-0.05, 0) is 24.4 Å². The molecule has 2 amide bonds. The molecule has 10 heteroatoms. The zero-order chi connectivity index (χ0) is 18.2. The molecule has 6 N–H and O–H groups in total. The zero-order valence-corrected chi connectivity index (χ0v) is 15.1. The summed E-state index contributed by atoms with van der Waals surface area (Å²) in [6, 6.07) is 0. The van der Waals surface area contributed by atoms with Crippen molar-refractivity contribution in [3.8, 4) is 0 Å². The highest BCUT2D eigenvalue weighted by Gasteiger charge is 2.04. The Balaban J connectivity index is 3.62. The minimum atomic E-state index is -0.222. The number of hydrogen-bond donors (Lipinski definition) is 6. The number of hydrogen-bond acceptors (Lipinski definition) is 4. The van der Waals surface area contributed by atoms with Crippen molar-refractivity contribution >= 4 is 46.5 Å².